The monoisotopic (exact) mass is 406 g/mol. The van der Waals surface area contributed by atoms with Gasteiger partial charge in [0.2, 0.25) is 0 Å². The normalized spacial score (nSPS) is 16.2. The Morgan fingerprint density at radius 2 is 2.07 bits per heavy atom. The molecule has 0 amide bonds. The van der Waals surface area contributed by atoms with Gasteiger partial charge in [-0.15, -0.1) is 11.3 Å². The molecule has 1 saturated carbocycles. The van der Waals surface area contributed by atoms with Gasteiger partial charge in [-0.25, -0.2) is 8.42 Å². The summed E-state index contributed by atoms with van der Waals surface area (Å²) in [5, 5.41) is 5.68. The van der Waals surface area contributed by atoms with E-state index in [2.05, 4.69) is 5.16 Å². The first-order valence-corrected chi connectivity index (χ1v) is 11.4. The molecule has 0 N–H and O–H groups in total. The minimum Gasteiger partial charge on any atom is -0.468 e. The van der Waals surface area contributed by atoms with E-state index in [0.717, 1.165) is 36.9 Å². The maximum Gasteiger partial charge on any atom is 0.253 e. The number of aromatic nitrogens is 1. The quantitative estimate of drug-likeness (QED) is 0.586. The van der Waals surface area contributed by atoms with Crippen LogP contribution in [0.3, 0.4) is 0 Å². The zero-order chi connectivity index (χ0) is 18.9. The van der Waals surface area contributed by atoms with Crippen LogP contribution in [-0.2, 0) is 16.6 Å². The fourth-order valence-electron chi connectivity index (χ4n) is 3.53. The summed E-state index contributed by atoms with van der Waals surface area (Å²) in [7, 11) is -3.63. The Morgan fingerprint density at radius 1 is 1.26 bits per heavy atom. The third-order valence-electron chi connectivity index (χ3n) is 4.92. The van der Waals surface area contributed by atoms with E-state index in [4.69, 9.17) is 8.94 Å². The highest BCUT2D eigenvalue weighted by molar-refractivity contribution is 7.91. The molecule has 0 saturated heterocycles. The molecule has 1 aliphatic carbocycles. The van der Waals surface area contributed by atoms with Crippen LogP contribution in [0.2, 0.25) is 0 Å². The lowest BCUT2D eigenvalue weighted by Crippen LogP contribution is -2.40. The molecule has 3 aromatic rings. The molecular weight excluding hydrogens is 384 g/mol. The van der Waals surface area contributed by atoms with Gasteiger partial charge in [0.15, 0.2) is 5.76 Å². The predicted molar refractivity (Wildman–Crippen MR) is 103 cm³/mol. The topological polar surface area (TPSA) is 76.6 Å². The van der Waals surface area contributed by atoms with Crippen LogP contribution in [-0.4, -0.2) is 23.9 Å². The van der Waals surface area contributed by atoms with E-state index >= 15 is 0 Å². The number of nitrogens with zero attached hydrogens (tertiary/aromatic N) is 2. The number of thiophene rings is 1. The maximum atomic E-state index is 13.5. The van der Waals surface area contributed by atoms with E-state index in [1.807, 2.05) is 13.0 Å². The summed E-state index contributed by atoms with van der Waals surface area (Å²) in [4.78, 5) is 0. The van der Waals surface area contributed by atoms with Gasteiger partial charge in [-0.2, -0.15) is 4.31 Å². The van der Waals surface area contributed by atoms with Crippen molar-refractivity contribution in [3.63, 3.8) is 0 Å². The lowest BCUT2D eigenvalue weighted by Gasteiger charge is -2.32. The molecule has 0 radical (unpaired) electrons. The van der Waals surface area contributed by atoms with Crippen LogP contribution in [0.1, 0.15) is 43.6 Å². The molecule has 0 bridgehead atoms. The predicted octanol–water partition coefficient (Wildman–Crippen LogP) is 4.83. The van der Waals surface area contributed by atoms with Gasteiger partial charge in [0.1, 0.15) is 9.97 Å². The first kappa shape index (κ1) is 18.5. The first-order chi connectivity index (χ1) is 13.0. The fourth-order valence-corrected chi connectivity index (χ4v) is 6.48. The standard InChI is InChI=1S/C19H22N2O4S2/c1-14-10-18(25-20-14)15-11-19(26-13-15)27(22,23)21(12-17-8-5-9-24-17)16-6-3-2-4-7-16/h5,8-11,13,16H,2-4,6-7,12H2,1H3. The van der Waals surface area contributed by atoms with E-state index in [1.165, 1.54) is 17.8 Å². The Morgan fingerprint density at radius 3 is 2.74 bits per heavy atom. The number of aryl methyl sites for hydroxylation is 1. The average molecular weight is 407 g/mol. The van der Waals surface area contributed by atoms with Crippen LogP contribution < -0.4 is 0 Å². The number of sulfonamides is 1. The summed E-state index contributed by atoms with van der Waals surface area (Å²) in [6.45, 7) is 2.10. The molecule has 1 fully saturated rings. The molecule has 144 valence electrons. The SMILES string of the molecule is Cc1cc(-c2csc(S(=O)(=O)N(Cc3ccco3)C3CCCCC3)c2)on1. The Hall–Kier alpha value is -1.90. The fraction of sp³-hybridized carbons (Fsp3) is 0.421. The Labute approximate surface area is 162 Å². The van der Waals surface area contributed by atoms with Crippen molar-refractivity contribution in [2.75, 3.05) is 0 Å². The molecule has 0 atom stereocenters. The van der Waals surface area contributed by atoms with Crippen molar-refractivity contribution in [2.45, 2.75) is 55.8 Å². The number of hydrogen-bond acceptors (Lipinski definition) is 6. The van der Waals surface area contributed by atoms with Crippen molar-refractivity contribution in [3.8, 4) is 11.3 Å². The molecule has 6 nitrogen and oxygen atoms in total. The third kappa shape index (κ3) is 3.88. The molecule has 3 heterocycles. The first-order valence-electron chi connectivity index (χ1n) is 9.10. The summed E-state index contributed by atoms with van der Waals surface area (Å²) in [6.07, 6.45) is 6.64. The Bertz CT molecular complexity index is 983. The molecule has 27 heavy (non-hydrogen) atoms. The van der Waals surface area contributed by atoms with Crippen LogP contribution in [0.5, 0.6) is 0 Å². The number of furan rings is 1. The minimum absolute atomic E-state index is 0.00641. The van der Waals surface area contributed by atoms with Crippen molar-refractivity contribution in [2.24, 2.45) is 0 Å². The van der Waals surface area contributed by atoms with Crippen LogP contribution in [0.15, 0.2) is 49.1 Å². The van der Waals surface area contributed by atoms with E-state index < -0.39 is 10.0 Å². The third-order valence-corrected chi connectivity index (χ3v) is 8.24. The van der Waals surface area contributed by atoms with Crippen molar-refractivity contribution in [1.29, 1.82) is 0 Å². The van der Waals surface area contributed by atoms with Gasteiger partial charge in [-0.05, 0) is 38.0 Å². The molecule has 3 aromatic heterocycles. The molecule has 0 aromatic carbocycles. The van der Waals surface area contributed by atoms with Gasteiger partial charge in [0, 0.05) is 23.1 Å². The summed E-state index contributed by atoms with van der Waals surface area (Å²) in [5.74, 6) is 1.24. The van der Waals surface area contributed by atoms with Crippen LogP contribution in [0.4, 0.5) is 0 Å². The number of hydrogen-bond donors (Lipinski definition) is 0. The zero-order valence-electron chi connectivity index (χ0n) is 15.1. The highest BCUT2D eigenvalue weighted by Crippen LogP contribution is 2.34. The highest BCUT2D eigenvalue weighted by Gasteiger charge is 2.34. The van der Waals surface area contributed by atoms with Crippen LogP contribution in [0, 0.1) is 6.92 Å². The highest BCUT2D eigenvalue weighted by atomic mass is 32.2. The van der Waals surface area contributed by atoms with Gasteiger partial charge in [0.25, 0.3) is 10.0 Å². The van der Waals surface area contributed by atoms with Crippen molar-refractivity contribution in [3.05, 3.63) is 47.4 Å². The van der Waals surface area contributed by atoms with Crippen molar-refractivity contribution in [1.82, 2.24) is 9.46 Å². The minimum atomic E-state index is -3.63. The van der Waals surface area contributed by atoms with Crippen LogP contribution >= 0.6 is 11.3 Å². The maximum absolute atomic E-state index is 13.5. The largest absolute Gasteiger partial charge is 0.468 e. The lowest BCUT2D eigenvalue weighted by atomic mass is 9.95. The second-order valence-electron chi connectivity index (χ2n) is 6.91. The molecule has 0 aliphatic heterocycles. The molecule has 8 heteroatoms. The summed E-state index contributed by atoms with van der Waals surface area (Å²) in [5.41, 5.74) is 1.50. The number of rotatable bonds is 6. The Balaban J connectivity index is 1.66. The van der Waals surface area contributed by atoms with Gasteiger partial charge in [0.05, 0.1) is 18.5 Å². The molecule has 1 aliphatic rings. The van der Waals surface area contributed by atoms with Gasteiger partial charge >= 0.3 is 0 Å². The second-order valence-corrected chi connectivity index (χ2v) is 9.94. The van der Waals surface area contributed by atoms with Gasteiger partial charge < -0.3 is 8.94 Å². The summed E-state index contributed by atoms with van der Waals surface area (Å²) in [6, 6.07) is 7.10. The molecule has 0 spiro atoms. The molecule has 4 rings (SSSR count). The van der Waals surface area contributed by atoms with Crippen molar-refractivity contribution >= 4 is 21.4 Å². The van der Waals surface area contributed by atoms with E-state index in [9.17, 15) is 8.42 Å². The zero-order valence-corrected chi connectivity index (χ0v) is 16.8. The molecule has 0 unspecified atom stereocenters. The van der Waals surface area contributed by atoms with Gasteiger partial charge in [-0.3, -0.25) is 0 Å². The van der Waals surface area contributed by atoms with Gasteiger partial charge in [-0.1, -0.05) is 24.4 Å². The van der Waals surface area contributed by atoms with Crippen molar-refractivity contribution < 1.29 is 17.4 Å². The summed E-state index contributed by atoms with van der Waals surface area (Å²) < 4.78 is 39.6. The molecular formula is C19H22N2O4S2. The van der Waals surface area contributed by atoms with E-state index in [0.29, 0.717) is 15.7 Å². The second kappa shape index (κ2) is 7.61. The lowest BCUT2D eigenvalue weighted by molar-refractivity contribution is 0.235. The van der Waals surface area contributed by atoms with Crippen LogP contribution in [0.25, 0.3) is 11.3 Å². The average Bonchev–Trinajstić information content (AvgIpc) is 3.41. The van der Waals surface area contributed by atoms with E-state index in [1.54, 1.807) is 34.1 Å². The smallest absolute Gasteiger partial charge is 0.253 e. The van der Waals surface area contributed by atoms with E-state index in [-0.39, 0.29) is 12.6 Å². The Kier molecular flexibility index (Phi) is 5.21. The summed E-state index contributed by atoms with van der Waals surface area (Å²) >= 11 is 1.22.